The zero-order valence-electron chi connectivity index (χ0n) is 15.4. The van der Waals surface area contributed by atoms with Crippen molar-refractivity contribution in [3.05, 3.63) is 65.4 Å². The second kappa shape index (κ2) is 6.78. The van der Waals surface area contributed by atoms with Crippen LogP contribution in [-0.2, 0) is 5.54 Å². The fraction of sp³-hybridized carbons (Fsp3) is 0.238. The van der Waals surface area contributed by atoms with Gasteiger partial charge in [-0.2, -0.15) is 0 Å². The number of aromatic nitrogens is 1. The number of aryl methyl sites for hydroxylation is 1. The molecule has 1 atom stereocenters. The summed E-state index contributed by atoms with van der Waals surface area (Å²) in [6.07, 6.45) is 0.914. The normalized spacial score (nSPS) is 19.7. The van der Waals surface area contributed by atoms with E-state index in [0.717, 1.165) is 34.3 Å². The summed E-state index contributed by atoms with van der Waals surface area (Å²) in [5, 5.41) is 4.64. The van der Waals surface area contributed by atoms with Gasteiger partial charge in [-0.05, 0) is 56.2 Å². The lowest BCUT2D eigenvalue weighted by molar-refractivity contribution is 0.102. The van der Waals surface area contributed by atoms with Gasteiger partial charge in [0.05, 0.1) is 5.54 Å². The zero-order chi connectivity index (χ0) is 19.0. The molecule has 1 amide bonds. The largest absolute Gasteiger partial charge is 0.379 e. The summed E-state index contributed by atoms with van der Waals surface area (Å²) in [5.74, 6) is 0.782. The molecule has 0 spiro atoms. The second-order valence-electron chi connectivity index (χ2n) is 7.13. The first-order chi connectivity index (χ1) is 12.9. The molecule has 3 aromatic rings. The van der Waals surface area contributed by atoms with Crippen molar-refractivity contribution in [1.82, 2.24) is 4.98 Å². The minimum absolute atomic E-state index is 0.159. The number of nitrogens with zero attached hydrogens (tertiary/aromatic N) is 1. The Balaban J connectivity index is 1.59. The summed E-state index contributed by atoms with van der Waals surface area (Å²) in [7, 11) is 0. The van der Waals surface area contributed by atoms with E-state index in [-0.39, 0.29) is 11.4 Å². The average Bonchev–Trinajstić information content (AvgIpc) is 3.05. The Morgan fingerprint density at radius 3 is 2.93 bits per heavy atom. The molecule has 2 heterocycles. The van der Waals surface area contributed by atoms with Gasteiger partial charge in [-0.15, -0.1) is 0 Å². The van der Waals surface area contributed by atoms with Crippen molar-refractivity contribution in [2.24, 2.45) is 10.7 Å². The third kappa shape index (κ3) is 3.57. The van der Waals surface area contributed by atoms with Gasteiger partial charge in [0.2, 0.25) is 0 Å². The van der Waals surface area contributed by atoms with Crippen LogP contribution in [0.2, 0.25) is 0 Å². The Morgan fingerprint density at radius 1 is 1.26 bits per heavy atom. The minimum atomic E-state index is -0.352. The first-order valence-corrected chi connectivity index (χ1v) is 9.91. The number of nitrogens with one attached hydrogen (secondary N) is 2. The van der Waals surface area contributed by atoms with Crippen LogP contribution in [0.1, 0.15) is 35.0 Å². The van der Waals surface area contributed by atoms with Crippen LogP contribution in [0.4, 0.5) is 5.69 Å². The molecule has 4 N–H and O–H groups in total. The minimum Gasteiger partial charge on any atom is -0.379 e. The number of anilines is 1. The van der Waals surface area contributed by atoms with Gasteiger partial charge in [-0.1, -0.05) is 35.5 Å². The summed E-state index contributed by atoms with van der Waals surface area (Å²) in [6.45, 7) is 4.12. The Bertz CT molecular complexity index is 1060. The molecule has 1 unspecified atom stereocenters. The van der Waals surface area contributed by atoms with E-state index in [9.17, 15) is 4.79 Å². The van der Waals surface area contributed by atoms with Crippen molar-refractivity contribution in [2.75, 3.05) is 11.1 Å². The van der Waals surface area contributed by atoms with Crippen LogP contribution in [-0.4, -0.2) is 21.8 Å². The molecule has 0 radical (unpaired) electrons. The van der Waals surface area contributed by atoms with E-state index in [1.54, 1.807) is 11.8 Å². The molecule has 6 heteroatoms. The number of carbonyl (C=O) groups excluding carboxylic acids is 1. The van der Waals surface area contributed by atoms with Crippen molar-refractivity contribution >= 4 is 39.4 Å². The van der Waals surface area contributed by atoms with Gasteiger partial charge in [-0.25, -0.2) is 0 Å². The van der Waals surface area contributed by atoms with Gasteiger partial charge < -0.3 is 16.0 Å². The lowest BCUT2D eigenvalue weighted by atomic mass is 9.89. The van der Waals surface area contributed by atoms with Crippen molar-refractivity contribution in [1.29, 1.82) is 0 Å². The van der Waals surface area contributed by atoms with Crippen molar-refractivity contribution in [2.45, 2.75) is 25.8 Å². The van der Waals surface area contributed by atoms with Crippen LogP contribution in [0.3, 0.4) is 0 Å². The SMILES string of the molecule is Cc1ccc2[nH]c(C(=O)Nc3cccc(C4(C)CCSC(N)=N4)c3)cc2c1. The number of aromatic amines is 1. The summed E-state index contributed by atoms with van der Waals surface area (Å²) < 4.78 is 0. The highest BCUT2D eigenvalue weighted by Gasteiger charge is 2.29. The van der Waals surface area contributed by atoms with Gasteiger partial charge in [0.1, 0.15) is 5.69 Å². The lowest BCUT2D eigenvalue weighted by Crippen LogP contribution is -2.28. The molecule has 1 aromatic heterocycles. The summed E-state index contributed by atoms with van der Waals surface area (Å²) >= 11 is 1.58. The Labute approximate surface area is 162 Å². The smallest absolute Gasteiger partial charge is 0.272 e. The monoisotopic (exact) mass is 378 g/mol. The molecular weight excluding hydrogens is 356 g/mol. The first kappa shape index (κ1) is 17.7. The van der Waals surface area contributed by atoms with Gasteiger partial charge >= 0.3 is 0 Å². The molecular formula is C21H22N4OS. The topological polar surface area (TPSA) is 83.3 Å². The molecule has 138 valence electrons. The molecule has 0 aliphatic carbocycles. The fourth-order valence-electron chi connectivity index (χ4n) is 3.40. The van der Waals surface area contributed by atoms with Crippen molar-refractivity contribution < 1.29 is 4.79 Å². The Hall–Kier alpha value is -2.73. The predicted octanol–water partition coefficient (Wildman–Crippen LogP) is 4.40. The number of aliphatic imine (C=N–C) groups is 1. The van der Waals surface area contributed by atoms with Gasteiger partial charge in [0.25, 0.3) is 5.91 Å². The van der Waals surface area contributed by atoms with E-state index in [1.165, 1.54) is 5.56 Å². The highest BCUT2D eigenvalue weighted by atomic mass is 32.2. The Kier molecular flexibility index (Phi) is 4.44. The van der Waals surface area contributed by atoms with Gasteiger partial charge in [0.15, 0.2) is 5.17 Å². The van der Waals surface area contributed by atoms with Gasteiger partial charge in [-0.3, -0.25) is 9.79 Å². The number of H-pyrrole nitrogens is 1. The molecule has 0 bridgehead atoms. The van der Waals surface area contributed by atoms with Gasteiger partial charge in [0, 0.05) is 22.3 Å². The van der Waals surface area contributed by atoms with Crippen LogP contribution in [0.25, 0.3) is 10.9 Å². The predicted molar refractivity (Wildman–Crippen MR) is 113 cm³/mol. The summed E-state index contributed by atoms with van der Waals surface area (Å²) in [5.41, 5.74) is 10.0. The maximum Gasteiger partial charge on any atom is 0.272 e. The van der Waals surface area contributed by atoms with E-state index in [1.807, 2.05) is 49.4 Å². The molecule has 2 aromatic carbocycles. The maximum absolute atomic E-state index is 12.7. The highest BCUT2D eigenvalue weighted by molar-refractivity contribution is 8.13. The molecule has 27 heavy (non-hydrogen) atoms. The van der Waals surface area contributed by atoms with Crippen LogP contribution >= 0.6 is 11.8 Å². The molecule has 1 aliphatic heterocycles. The molecule has 0 fully saturated rings. The third-order valence-corrected chi connectivity index (χ3v) is 5.75. The first-order valence-electron chi connectivity index (χ1n) is 8.92. The van der Waals surface area contributed by atoms with E-state index in [4.69, 9.17) is 5.73 Å². The average molecular weight is 379 g/mol. The van der Waals surface area contributed by atoms with Crippen LogP contribution < -0.4 is 11.1 Å². The number of thioether (sulfide) groups is 1. The molecule has 1 aliphatic rings. The number of rotatable bonds is 3. The number of nitrogens with two attached hydrogens (primary N) is 1. The highest BCUT2D eigenvalue weighted by Crippen LogP contribution is 2.35. The maximum atomic E-state index is 12.7. The lowest BCUT2D eigenvalue weighted by Gasteiger charge is -2.30. The summed E-state index contributed by atoms with van der Waals surface area (Å²) in [6, 6.07) is 15.8. The number of hydrogen-bond donors (Lipinski definition) is 3. The van der Waals surface area contributed by atoms with E-state index < -0.39 is 0 Å². The second-order valence-corrected chi connectivity index (χ2v) is 8.25. The standard InChI is InChI=1S/C21H22N4OS/c1-13-6-7-17-14(10-13)11-18(24-17)19(26)23-16-5-3-4-15(12-16)21(2)8-9-27-20(22)25-21/h3-7,10-12,24H,8-9H2,1-2H3,(H2,22,25)(H,23,26). The number of amides is 1. The van der Waals surface area contributed by atoms with Crippen molar-refractivity contribution in [3.63, 3.8) is 0 Å². The van der Waals surface area contributed by atoms with E-state index in [2.05, 4.69) is 28.3 Å². The van der Waals surface area contributed by atoms with E-state index >= 15 is 0 Å². The third-order valence-electron chi connectivity index (χ3n) is 4.96. The molecule has 5 nitrogen and oxygen atoms in total. The fourth-order valence-corrected chi connectivity index (χ4v) is 4.37. The molecule has 0 saturated carbocycles. The van der Waals surface area contributed by atoms with E-state index in [0.29, 0.717) is 10.9 Å². The van der Waals surface area contributed by atoms with Crippen LogP contribution in [0, 0.1) is 6.92 Å². The quantitative estimate of drug-likeness (QED) is 0.632. The zero-order valence-corrected chi connectivity index (χ0v) is 16.2. The number of benzene rings is 2. The summed E-state index contributed by atoms with van der Waals surface area (Å²) in [4.78, 5) is 20.5. The van der Waals surface area contributed by atoms with Crippen molar-refractivity contribution in [3.8, 4) is 0 Å². The van der Waals surface area contributed by atoms with Crippen LogP contribution in [0.5, 0.6) is 0 Å². The molecule has 4 rings (SSSR count). The number of carbonyl (C=O) groups is 1. The number of fused-ring (bicyclic) bond motifs is 1. The Morgan fingerprint density at radius 2 is 2.11 bits per heavy atom. The number of amidine groups is 1. The molecule has 0 saturated heterocycles. The van der Waals surface area contributed by atoms with Crippen LogP contribution in [0.15, 0.2) is 53.5 Å². The number of hydrogen-bond acceptors (Lipinski definition) is 4.